The van der Waals surface area contributed by atoms with Crippen LogP contribution in [0.3, 0.4) is 0 Å². The lowest BCUT2D eigenvalue weighted by molar-refractivity contribution is 1.08. The van der Waals surface area contributed by atoms with Gasteiger partial charge in [-0.15, -0.1) is 0 Å². The van der Waals surface area contributed by atoms with E-state index in [0.717, 1.165) is 5.69 Å². The molecule has 0 unspecified atom stereocenters. The first-order valence-electron chi connectivity index (χ1n) is 5.16. The summed E-state index contributed by atoms with van der Waals surface area (Å²) < 4.78 is 0. The summed E-state index contributed by atoms with van der Waals surface area (Å²) in [6.07, 6.45) is 1.40. The van der Waals surface area contributed by atoms with E-state index in [1.54, 1.807) is 0 Å². The third-order valence-corrected chi connectivity index (χ3v) is 2.82. The molecule has 0 amide bonds. The first-order valence-corrected chi connectivity index (χ1v) is 5.54. The molecule has 17 heavy (non-hydrogen) atoms. The molecule has 0 fully saturated rings. The van der Waals surface area contributed by atoms with E-state index in [4.69, 9.17) is 17.3 Å². The molecule has 0 saturated carbocycles. The summed E-state index contributed by atoms with van der Waals surface area (Å²) >= 11 is 5.87. The maximum atomic E-state index is 5.87. The summed E-state index contributed by atoms with van der Waals surface area (Å²) in [5.41, 5.74) is 8.43. The van der Waals surface area contributed by atoms with Crippen molar-refractivity contribution in [1.29, 1.82) is 0 Å². The number of nitrogen functional groups attached to an aromatic ring is 1. The SMILES string of the molecule is Cc1cccc(N(C)c2ncnc(Cl)c2N)c1. The second-order valence-electron chi connectivity index (χ2n) is 3.80. The predicted octanol–water partition coefficient (Wildman–Crippen LogP) is 2.79. The Labute approximate surface area is 105 Å². The van der Waals surface area contributed by atoms with Crippen molar-refractivity contribution in [3.63, 3.8) is 0 Å². The molecule has 1 aromatic heterocycles. The minimum atomic E-state index is 0.273. The third-order valence-electron chi connectivity index (χ3n) is 2.52. The van der Waals surface area contributed by atoms with Crippen LogP contribution >= 0.6 is 11.6 Å². The van der Waals surface area contributed by atoms with Gasteiger partial charge in [-0.1, -0.05) is 23.7 Å². The van der Waals surface area contributed by atoms with Gasteiger partial charge >= 0.3 is 0 Å². The summed E-state index contributed by atoms with van der Waals surface area (Å²) in [5.74, 6) is 0.607. The standard InChI is InChI=1S/C12H13ClN4/c1-8-4-3-5-9(6-8)17(2)12-10(14)11(13)15-7-16-12/h3-7H,14H2,1-2H3. The number of aromatic nitrogens is 2. The van der Waals surface area contributed by atoms with Crippen LogP contribution in [0.4, 0.5) is 17.2 Å². The van der Waals surface area contributed by atoms with E-state index in [2.05, 4.69) is 16.0 Å². The van der Waals surface area contributed by atoms with Gasteiger partial charge in [-0.3, -0.25) is 0 Å². The molecule has 2 N–H and O–H groups in total. The fourth-order valence-electron chi connectivity index (χ4n) is 1.59. The van der Waals surface area contributed by atoms with Gasteiger partial charge in [0, 0.05) is 12.7 Å². The highest BCUT2D eigenvalue weighted by Gasteiger charge is 2.12. The molecule has 0 aliphatic carbocycles. The average Bonchev–Trinajstić information content (AvgIpc) is 2.32. The zero-order valence-electron chi connectivity index (χ0n) is 9.68. The molecule has 0 radical (unpaired) electrons. The maximum absolute atomic E-state index is 5.87. The molecular weight excluding hydrogens is 236 g/mol. The molecule has 1 aromatic carbocycles. The Kier molecular flexibility index (Phi) is 3.15. The monoisotopic (exact) mass is 248 g/mol. The van der Waals surface area contributed by atoms with E-state index in [1.165, 1.54) is 11.9 Å². The summed E-state index contributed by atoms with van der Waals surface area (Å²) in [6.45, 7) is 2.04. The van der Waals surface area contributed by atoms with Crippen molar-refractivity contribution in [1.82, 2.24) is 9.97 Å². The Morgan fingerprint density at radius 3 is 2.76 bits per heavy atom. The van der Waals surface area contributed by atoms with Crippen LogP contribution in [-0.2, 0) is 0 Å². The molecule has 4 nitrogen and oxygen atoms in total. The number of halogens is 1. The highest BCUT2D eigenvalue weighted by molar-refractivity contribution is 6.32. The molecule has 1 heterocycles. The first kappa shape index (κ1) is 11.7. The van der Waals surface area contributed by atoms with Crippen LogP contribution in [0.5, 0.6) is 0 Å². The van der Waals surface area contributed by atoms with E-state index in [0.29, 0.717) is 11.5 Å². The Morgan fingerprint density at radius 2 is 2.06 bits per heavy atom. The highest BCUT2D eigenvalue weighted by Crippen LogP contribution is 2.30. The number of aryl methyl sites for hydroxylation is 1. The van der Waals surface area contributed by atoms with E-state index in [9.17, 15) is 0 Å². The van der Waals surface area contributed by atoms with Crippen molar-refractivity contribution in [2.75, 3.05) is 17.7 Å². The molecule has 0 atom stereocenters. The van der Waals surface area contributed by atoms with Crippen molar-refractivity contribution in [2.24, 2.45) is 0 Å². The molecule has 88 valence electrons. The first-order chi connectivity index (χ1) is 8.09. The quantitative estimate of drug-likeness (QED) is 0.831. The van der Waals surface area contributed by atoms with Crippen molar-refractivity contribution < 1.29 is 0 Å². The lowest BCUT2D eigenvalue weighted by Gasteiger charge is -2.20. The van der Waals surface area contributed by atoms with Gasteiger partial charge in [-0.05, 0) is 24.6 Å². The number of hydrogen-bond acceptors (Lipinski definition) is 4. The molecular formula is C12H13ClN4. The zero-order chi connectivity index (χ0) is 12.4. The number of anilines is 3. The lowest BCUT2D eigenvalue weighted by atomic mass is 10.2. The predicted molar refractivity (Wildman–Crippen MR) is 70.7 cm³/mol. The number of nitrogens with zero attached hydrogens (tertiary/aromatic N) is 3. The number of benzene rings is 1. The number of rotatable bonds is 2. The summed E-state index contributed by atoms with van der Waals surface area (Å²) in [6, 6.07) is 8.06. The van der Waals surface area contributed by atoms with Crippen molar-refractivity contribution in [3.8, 4) is 0 Å². The molecule has 5 heteroatoms. The molecule has 0 spiro atoms. The van der Waals surface area contributed by atoms with Crippen molar-refractivity contribution >= 4 is 28.8 Å². The second kappa shape index (κ2) is 4.59. The van der Waals surface area contributed by atoms with Gasteiger partial charge in [0.25, 0.3) is 0 Å². The topological polar surface area (TPSA) is 55.0 Å². The van der Waals surface area contributed by atoms with E-state index in [-0.39, 0.29) is 5.15 Å². The van der Waals surface area contributed by atoms with Gasteiger partial charge in [0.15, 0.2) is 11.0 Å². The second-order valence-corrected chi connectivity index (χ2v) is 4.16. The average molecular weight is 249 g/mol. The Hall–Kier alpha value is -1.81. The van der Waals surface area contributed by atoms with E-state index in [1.807, 2.05) is 37.1 Å². The van der Waals surface area contributed by atoms with Gasteiger partial charge in [0.2, 0.25) is 0 Å². The van der Waals surface area contributed by atoms with Crippen LogP contribution < -0.4 is 10.6 Å². The molecule has 0 aliphatic heterocycles. The van der Waals surface area contributed by atoms with Crippen LogP contribution in [0, 0.1) is 6.92 Å². The summed E-state index contributed by atoms with van der Waals surface area (Å²) in [7, 11) is 1.89. The van der Waals surface area contributed by atoms with Crippen molar-refractivity contribution in [2.45, 2.75) is 6.92 Å². The normalized spacial score (nSPS) is 10.3. The molecule has 0 aliphatic rings. The highest BCUT2D eigenvalue weighted by atomic mass is 35.5. The molecule has 0 saturated heterocycles. The summed E-state index contributed by atoms with van der Waals surface area (Å²) in [5, 5.41) is 0.273. The fraction of sp³-hybridized carbons (Fsp3) is 0.167. The Morgan fingerprint density at radius 1 is 1.29 bits per heavy atom. The van der Waals surface area contributed by atoms with Gasteiger partial charge < -0.3 is 10.6 Å². The van der Waals surface area contributed by atoms with Crippen LogP contribution in [0.2, 0.25) is 5.15 Å². The Balaban J connectivity index is 2.44. The van der Waals surface area contributed by atoms with Gasteiger partial charge in [0.05, 0.1) is 0 Å². The summed E-state index contributed by atoms with van der Waals surface area (Å²) in [4.78, 5) is 9.87. The minimum absolute atomic E-state index is 0.273. The zero-order valence-corrected chi connectivity index (χ0v) is 10.4. The van der Waals surface area contributed by atoms with Crippen molar-refractivity contribution in [3.05, 3.63) is 41.3 Å². The minimum Gasteiger partial charge on any atom is -0.393 e. The van der Waals surface area contributed by atoms with E-state index >= 15 is 0 Å². The fourth-order valence-corrected chi connectivity index (χ4v) is 1.72. The van der Waals surface area contributed by atoms with Gasteiger partial charge in [-0.2, -0.15) is 0 Å². The largest absolute Gasteiger partial charge is 0.393 e. The van der Waals surface area contributed by atoms with Crippen LogP contribution in [-0.4, -0.2) is 17.0 Å². The lowest BCUT2D eigenvalue weighted by Crippen LogP contribution is -2.14. The van der Waals surface area contributed by atoms with Gasteiger partial charge in [0.1, 0.15) is 12.0 Å². The molecule has 2 aromatic rings. The van der Waals surface area contributed by atoms with Gasteiger partial charge in [-0.25, -0.2) is 9.97 Å². The smallest absolute Gasteiger partial charge is 0.161 e. The van der Waals surface area contributed by atoms with Crippen LogP contribution in [0.25, 0.3) is 0 Å². The number of hydrogen-bond donors (Lipinski definition) is 1. The van der Waals surface area contributed by atoms with Crippen LogP contribution in [0.1, 0.15) is 5.56 Å². The van der Waals surface area contributed by atoms with Crippen LogP contribution in [0.15, 0.2) is 30.6 Å². The molecule has 0 bridgehead atoms. The number of nitrogens with two attached hydrogens (primary N) is 1. The maximum Gasteiger partial charge on any atom is 0.161 e. The third kappa shape index (κ3) is 2.31. The Bertz CT molecular complexity index is 542. The molecule has 2 rings (SSSR count). The van der Waals surface area contributed by atoms with E-state index < -0.39 is 0 Å².